The van der Waals surface area contributed by atoms with Gasteiger partial charge in [0, 0.05) is 22.2 Å². The van der Waals surface area contributed by atoms with Crippen LogP contribution in [0.5, 0.6) is 0 Å². The molecule has 2 N–H and O–H groups in total. The quantitative estimate of drug-likeness (QED) is 0.836. The van der Waals surface area contributed by atoms with Crippen LogP contribution >= 0.6 is 11.3 Å². The van der Waals surface area contributed by atoms with Gasteiger partial charge in [-0.15, -0.1) is 11.3 Å². The summed E-state index contributed by atoms with van der Waals surface area (Å²) in [5.74, 6) is -0.137. The van der Waals surface area contributed by atoms with E-state index in [0.717, 1.165) is 29.0 Å². The molecule has 1 aromatic carbocycles. The molecule has 1 fully saturated rings. The highest BCUT2D eigenvalue weighted by Gasteiger charge is 2.17. The van der Waals surface area contributed by atoms with Crippen molar-refractivity contribution in [3.05, 3.63) is 51.2 Å². The van der Waals surface area contributed by atoms with Crippen molar-refractivity contribution < 1.29 is 9.59 Å². The van der Waals surface area contributed by atoms with E-state index < -0.39 is 0 Å². The summed E-state index contributed by atoms with van der Waals surface area (Å²) in [4.78, 5) is 26.5. The van der Waals surface area contributed by atoms with Crippen LogP contribution in [0.15, 0.2) is 30.3 Å². The summed E-state index contributed by atoms with van der Waals surface area (Å²) < 4.78 is 0. The number of rotatable bonds is 4. The zero-order chi connectivity index (χ0) is 17.8. The van der Waals surface area contributed by atoms with E-state index in [-0.39, 0.29) is 11.8 Å². The largest absolute Gasteiger partial charge is 0.349 e. The molecule has 1 heterocycles. The molecule has 3 rings (SSSR count). The van der Waals surface area contributed by atoms with Crippen molar-refractivity contribution in [3.8, 4) is 0 Å². The van der Waals surface area contributed by atoms with Crippen LogP contribution in [0.2, 0.25) is 0 Å². The van der Waals surface area contributed by atoms with Crippen LogP contribution in [0.25, 0.3) is 0 Å². The van der Waals surface area contributed by atoms with E-state index in [1.165, 1.54) is 30.6 Å². The fourth-order valence-corrected chi connectivity index (χ4v) is 3.96. The number of hydrogen-bond acceptors (Lipinski definition) is 3. The molecule has 0 unspecified atom stereocenters. The van der Waals surface area contributed by atoms with Crippen LogP contribution in [0, 0.1) is 13.8 Å². The van der Waals surface area contributed by atoms with Gasteiger partial charge in [-0.3, -0.25) is 9.59 Å². The molecule has 1 aromatic heterocycles. The van der Waals surface area contributed by atoms with Crippen molar-refractivity contribution in [2.24, 2.45) is 0 Å². The normalized spacial score (nSPS) is 15.0. The summed E-state index contributed by atoms with van der Waals surface area (Å²) in [5, 5.41) is 6.05. The van der Waals surface area contributed by atoms with Gasteiger partial charge in [0.15, 0.2) is 0 Å². The lowest BCUT2D eigenvalue weighted by Crippen LogP contribution is -2.36. The minimum absolute atomic E-state index is 0.0261. The van der Waals surface area contributed by atoms with E-state index in [0.29, 0.717) is 16.5 Å². The van der Waals surface area contributed by atoms with Crippen LogP contribution < -0.4 is 10.6 Å². The average Bonchev–Trinajstić information content (AvgIpc) is 3.04. The second-order valence-corrected chi connectivity index (χ2v) is 7.99. The number of carbonyl (C=O) groups is 2. The van der Waals surface area contributed by atoms with Crippen molar-refractivity contribution in [2.45, 2.75) is 52.0 Å². The average molecular weight is 356 g/mol. The topological polar surface area (TPSA) is 58.2 Å². The number of amides is 2. The third-order valence-corrected chi connectivity index (χ3v) is 5.64. The third-order valence-electron chi connectivity index (χ3n) is 4.64. The minimum Gasteiger partial charge on any atom is -0.349 e. The van der Waals surface area contributed by atoms with Gasteiger partial charge in [0.05, 0.1) is 4.88 Å². The van der Waals surface area contributed by atoms with Gasteiger partial charge in [-0.25, -0.2) is 0 Å². The summed E-state index contributed by atoms with van der Waals surface area (Å²) in [6.07, 6.45) is 5.79. The Morgan fingerprint density at radius 1 is 1.00 bits per heavy atom. The van der Waals surface area contributed by atoms with Gasteiger partial charge in [-0.2, -0.15) is 0 Å². The van der Waals surface area contributed by atoms with Crippen LogP contribution in [0.1, 0.15) is 62.6 Å². The second-order valence-electron chi connectivity index (χ2n) is 6.70. The molecule has 1 aliphatic rings. The van der Waals surface area contributed by atoms with Crippen molar-refractivity contribution >= 4 is 28.8 Å². The summed E-state index contributed by atoms with van der Waals surface area (Å²) in [5.41, 5.74) is 2.27. The SMILES string of the molecule is Cc1ccc(C(=O)Nc2ccc(C(=O)NC3CCCCC3)cc2C)s1. The molecular weight excluding hydrogens is 332 g/mol. The smallest absolute Gasteiger partial charge is 0.265 e. The van der Waals surface area contributed by atoms with E-state index in [1.807, 2.05) is 38.1 Å². The molecule has 0 radical (unpaired) electrons. The third kappa shape index (κ3) is 4.48. The zero-order valence-electron chi connectivity index (χ0n) is 14.7. The Balaban J connectivity index is 1.65. The summed E-state index contributed by atoms with van der Waals surface area (Å²) in [7, 11) is 0. The summed E-state index contributed by atoms with van der Waals surface area (Å²) >= 11 is 1.47. The maximum absolute atomic E-state index is 12.4. The molecule has 5 heteroatoms. The van der Waals surface area contributed by atoms with Crippen LogP contribution in [0.4, 0.5) is 5.69 Å². The fraction of sp³-hybridized carbons (Fsp3) is 0.400. The Labute approximate surface area is 152 Å². The number of hydrogen-bond donors (Lipinski definition) is 2. The van der Waals surface area contributed by atoms with Crippen molar-refractivity contribution in [1.82, 2.24) is 5.32 Å². The molecule has 2 amide bonds. The predicted molar refractivity (Wildman–Crippen MR) is 103 cm³/mol. The molecule has 0 saturated heterocycles. The Kier molecular flexibility index (Phi) is 5.53. The van der Waals surface area contributed by atoms with Crippen molar-refractivity contribution in [1.29, 1.82) is 0 Å². The van der Waals surface area contributed by atoms with E-state index in [1.54, 1.807) is 6.07 Å². The first-order valence-corrected chi connectivity index (χ1v) is 9.64. The summed E-state index contributed by atoms with van der Waals surface area (Å²) in [6.45, 7) is 3.89. The number of nitrogens with one attached hydrogen (secondary N) is 2. The number of thiophene rings is 1. The Hall–Kier alpha value is -2.14. The van der Waals surface area contributed by atoms with Crippen LogP contribution in [0.3, 0.4) is 0 Å². The number of carbonyl (C=O) groups excluding carboxylic acids is 2. The molecule has 132 valence electrons. The van der Waals surface area contributed by atoms with Crippen LogP contribution in [-0.2, 0) is 0 Å². The highest BCUT2D eigenvalue weighted by molar-refractivity contribution is 7.14. The number of aryl methyl sites for hydroxylation is 2. The van der Waals surface area contributed by atoms with Crippen molar-refractivity contribution in [2.75, 3.05) is 5.32 Å². The Bertz CT molecular complexity index is 776. The van der Waals surface area contributed by atoms with Crippen LogP contribution in [-0.4, -0.2) is 17.9 Å². The molecule has 1 saturated carbocycles. The predicted octanol–water partition coefficient (Wildman–Crippen LogP) is 4.68. The van der Waals surface area contributed by atoms with Gasteiger partial charge < -0.3 is 10.6 Å². The van der Waals surface area contributed by atoms with Gasteiger partial charge in [0.1, 0.15) is 0 Å². The van der Waals surface area contributed by atoms with E-state index in [2.05, 4.69) is 10.6 Å². The number of anilines is 1. The van der Waals surface area contributed by atoms with Crippen molar-refractivity contribution in [3.63, 3.8) is 0 Å². The lowest BCUT2D eigenvalue weighted by atomic mass is 9.95. The molecule has 2 aromatic rings. The maximum atomic E-state index is 12.4. The van der Waals surface area contributed by atoms with Gasteiger partial charge in [-0.05, 0) is 62.6 Å². The van der Waals surface area contributed by atoms with Gasteiger partial charge >= 0.3 is 0 Å². The minimum atomic E-state index is -0.111. The highest BCUT2D eigenvalue weighted by Crippen LogP contribution is 2.22. The maximum Gasteiger partial charge on any atom is 0.265 e. The molecule has 0 aliphatic heterocycles. The second kappa shape index (κ2) is 7.83. The zero-order valence-corrected chi connectivity index (χ0v) is 15.5. The standard InChI is InChI=1S/C20H24N2O2S/c1-13-12-15(19(23)21-16-6-4-3-5-7-16)9-10-17(13)22-20(24)18-11-8-14(2)25-18/h8-12,16H,3-7H2,1-2H3,(H,21,23)(H,22,24). The molecule has 1 aliphatic carbocycles. The Morgan fingerprint density at radius 3 is 2.40 bits per heavy atom. The van der Waals surface area contributed by atoms with Gasteiger partial charge in [0.2, 0.25) is 0 Å². The number of benzene rings is 1. The molecule has 0 spiro atoms. The van der Waals surface area contributed by atoms with E-state index in [9.17, 15) is 9.59 Å². The monoisotopic (exact) mass is 356 g/mol. The van der Waals surface area contributed by atoms with Gasteiger partial charge in [0.25, 0.3) is 11.8 Å². The Morgan fingerprint density at radius 2 is 1.76 bits per heavy atom. The summed E-state index contributed by atoms with van der Waals surface area (Å²) in [6, 6.07) is 9.49. The van der Waals surface area contributed by atoms with E-state index in [4.69, 9.17) is 0 Å². The first kappa shape index (κ1) is 17.7. The molecule has 0 atom stereocenters. The molecule has 25 heavy (non-hydrogen) atoms. The molecular formula is C20H24N2O2S. The fourth-order valence-electron chi connectivity index (χ4n) is 3.20. The van der Waals surface area contributed by atoms with E-state index >= 15 is 0 Å². The molecule has 4 nitrogen and oxygen atoms in total. The molecule has 0 bridgehead atoms. The van der Waals surface area contributed by atoms with Gasteiger partial charge in [-0.1, -0.05) is 19.3 Å². The lowest BCUT2D eigenvalue weighted by Gasteiger charge is -2.23. The highest BCUT2D eigenvalue weighted by atomic mass is 32.1. The lowest BCUT2D eigenvalue weighted by molar-refractivity contribution is 0.0927. The first-order chi connectivity index (χ1) is 12.0. The first-order valence-electron chi connectivity index (χ1n) is 8.82.